The number of rotatable bonds is 7. The van der Waals surface area contributed by atoms with Crippen LogP contribution in [0.2, 0.25) is 0 Å². The molecule has 0 radical (unpaired) electrons. The summed E-state index contributed by atoms with van der Waals surface area (Å²) in [5.41, 5.74) is 1.51. The van der Waals surface area contributed by atoms with Crippen molar-refractivity contribution >= 4 is 21.7 Å². The number of hydrogen-bond donors (Lipinski definition) is 2. The third-order valence-corrected chi connectivity index (χ3v) is 6.72. The predicted molar refractivity (Wildman–Crippen MR) is 111 cm³/mol. The predicted octanol–water partition coefficient (Wildman–Crippen LogP) is 3.19. The van der Waals surface area contributed by atoms with Crippen molar-refractivity contribution in [2.24, 2.45) is 0 Å². The molecule has 1 fully saturated rings. The van der Waals surface area contributed by atoms with E-state index in [1.165, 1.54) is 18.3 Å². The zero-order valence-electron chi connectivity index (χ0n) is 17.0. The fourth-order valence-electron chi connectivity index (χ4n) is 3.56. The van der Waals surface area contributed by atoms with Crippen molar-refractivity contribution in [3.63, 3.8) is 0 Å². The molecule has 1 aromatic carbocycles. The van der Waals surface area contributed by atoms with Gasteiger partial charge in [0.05, 0.1) is 22.9 Å². The number of nitrogens with one attached hydrogen (secondary N) is 1. The zero-order valence-corrected chi connectivity index (χ0v) is 17.8. The molecule has 2 N–H and O–H groups in total. The molecule has 1 aliphatic carbocycles. The molecule has 2 unspecified atom stereocenters. The van der Waals surface area contributed by atoms with Gasteiger partial charge in [-0.2, -0.15) is 17.2 Å². The standard InChI is InChI=1S/C20H21F2N5O4S/c1-12-2-6-15(7-3-12)32(29,30)27-19(31-20(21)22)9-17(26-27)25-18-11-23-10-16(24-18)13-4-5-14(28)8-13/h2-3,6-7,9-11,13-14,20,28H,4-5,8H2,1H3,(H,24,25,26). The second-order valence-corrected chi connectivity index (χ2v) is 9.29. The van der Waals surface area contributed by atoms with Crippen LogP contribution in [0.3, 0.4) is 0 Å². The van der Waals surface area contributed by atoms with Crippen LogP contribution in [0.5, 0.6) is 5.88 Å². The third-order valence-electron chi connectivity index (χ3n) is 5.14. The largest absolute Gasteiger partial charge is 0.416 e. The van der Waals surface area contributed by atoms with Crippen LogP contribution < -0.4 is 10.1 Å². The highest BCUT2D eigenvalue weighted by Gasteiger charge is 2.27. The maximum atomic E-state index is 13.0. The summed E-state index contributed by atoms with van der Waals surface area (Å²) in [6.07, 6.45) is 4.65. The number of anilines is 2. The van der Waals surface area contributed by atoms with Gasteiger partial charge in [0.1, 0.15) is 5.82 Å². The van der Waals surface area contributed by atoms with E-state index in [0.717, 1.165) is 18.1 Å². The lowest BCUT2D eigenvalue weighted by Crippen LogP contribution is -2.18. The van der Waals surface area contributed by atoms with Gasteiger partial charge >= 0.3 is 6.61 Å². The molecule has 0 saturated heterocycles. The van der Waals surface area contributed by atoms with E-state index in [9.17, 15) is 22.3 Å². The van der Waals surface area contributed by atoms with Crippen LogP contribution in [0.15, 0.2) is 47.6 Å². The van der Waals surface area contributed by atoms with Crippen molar-refractivity contribution in [2.45, 2.75) is 49.7 Å². The minimum atomic E-state index is -4.29. The van der Waals surface area contributed by atoms with Gasteiger partial charge in [0, 0.05) is 18.2 Å². The summed E-state index contributed by atoms with van der Waals surface area (Å²) < 4.78 is 56.6. The van der Waals surface area contributed by atoms with Crippen LogP contribution in [0.1, 0.15) is 36.4 Å². The number of aliphatic hydroxyl groups excluding tert-OH is 1. The molecule has 12 heteroatoms. The number of ether oxygens (including phenoxy) is 1. The quantitative estimate of drug-likeness (QED) is 0.546. The molecular weight excluding hydrogens is 444 g/mol. The minimum absolute atomic E-state index is 0.0523. The Morgan fingerprint density at radius 1 is 1.19 bits per heavy atom. The van der Waals surface area contributed by atoms with Crippen LogP contribution in [-0.2, 0) is 10.0 Å². The Kier molecular flexibility index (Phi) is 6.07. The number of alkyl halides is 2. The van der Waals surface area contributed by atoms with E-state index in [0.29, 0.717) is 22.6 Å². The monoisotopic (exact) mass is 465 g/mol. The summed E-state index contributed by atoms with van der Waals surface area (Å²) in [4.78, 5) is 8.44. The van der Waals surface area contributed by atoms with Crippen molar-refractivity contribution in [3.05, 3.63) is 54.0 Å². The highest BCUT2D eigenvalue weighted by molar-refractivity contribution is 7.90. The molecule has 170 valence electrons. The molecule has 1 aliphatic rings. The van der Waals surface area contributed by atoms with Crippen molar-refractivity contribution < 1.29 is 27.0 Å². The maximum absolute atomic E-state index is 13.0. The molecular formula is C20H21F2N5O4S. The Morgan fingerprint density at radius 3 is 2.59 bits per heavy atom. The zero-order chi connectivity index (χ0) is 22.9. The lowest BCUT2D eigenvalue weighted by Gasteiger charge is -2.10. The summed E-state index contributed by atoms with van der Waals surface area (Å²) in [5.74, 6) is -0.401. The smallest absolute Gasteiger partial charge is 0.388 e. The van der Waals surface area contributed by atoms with Gasteiger partial charge in [-0.25, -0.2) is 4.98 Å². The van der Waals surface area contributed by atoms with E-state index in [1.54, 1.807) is 25.3 Å². The highest BCUT2D eigenvalue weighted by atomic mass is 32.2. The van der Waals surface area contributed by atoms with Crippen LogP contribution in [0.4, 0.5) is 20.4 Å². The maximum Gasteiger partial charge on any atom is 0.388 e. The average molecular weight is 465 g/mol. The fraction of sp³-hybridized carbons (Fsp3) is 0.350. The Balaban J connectivity index is 1.65. The second-order valence-electron chi connectivity index (χ2n) is 7.53. The molecule has 1 saturated carbocycles. The molecule has 2 heterocycles. The summed E-state index contributed by atoms with van der Waals surface area (Å²) in [5, 5.41) is 16.5. The molecule has 3 aromatic rings. The molecule has 0 amide bonds. The molecule has 0 bridgehead atoms. The van der Waals surface area contributed by atoms with Crippen molar-refractivity contribution in [1.29, 1.82) is 0 Å². The van der Waals surface area contributed by atoms with Gasteiger partial charge in [-0.1, -0.05) is 17.7 Å². The lowest BCUT2D eigenvalue weighted by molar-refractivity contribution is -0.0537. The first-order valence-electron chi connectivity index (χ1n) is 9.86. The summed E-state index contributed by atoms with van der Waals surface area (Å²) in [6, 6.07) is 6.94. The van der Waals surface area contributed by atoms with E-state index in [1.807, 2.05) is 0 Å². The molecule has 0 aliphatic heterocycles. The van der Waals surface area contributed by atoms with E-state index < -0.39 is 22.5 Å². The highest BCUT2D eigenvalue weighted by Crippen LogP contribution is 2.34. The summed E-state index contributed by atoms with van der Waals surface area (Å²) >= 11 is 0. The first-order valence-corrected chi connectivity index (χ1v) is 11.3. The molecule has 4 rings (SSSR count). The Morgan fingerprint density at radius 2 is 1.94 bits per heavy atom. The van der Waals surface area contributed by atoms with Crippen LogP contribution in [-0.4, -0.2) is 45.4 Å². The first kappa shape index (κ1) is 22.1. The summed E-state index contributed by atoms with van der Waals surface area (Å²) in [6.45, 7) is -1.46. The molecule has 9 nitrogen and oxygen atoms in total. The normalized spacial score (nSPS) is 18.8. The van der Waals surface area contributed by atoms with Gasteiger partial charge in [0.15, 0.2) is 5.82 Å². The Labute approximate surface area is 183 Å². The number of aliphatic hydroxyl groups is 1. The van der Waals surface area contributed by atoms with Gasteiger partial charge in [0.2, 0.25) is 5.88 Å². The van der Waals surface area contributed by atoms with Crippen molar-refractivity contribution in [2.75, 3.05) is 5.32 Å². The van der Waals surface area contributed by atoms with E-state index in [4.69, 9.17) is 0 Å². The number of nitrogens with zero attached hydrogens (tertiary/aromatic N) is 4. The first-order chi connectivity index (χ1) is 15.2. The molecule has 2 aromatic heterocycles. The van der Waals surface area contributed by atoms with Gasteiger partial charge in [0.25, 0.3) is 10.0 Å². The van der Waals surface area contributed by atoms with E-state index >= 15 is 0 Å². The fourth-order valence-corrected chi connectivity index (χ4v) is 4.77. The van der Waals surface area contributed by atoms with Gasteiger partial charge < -0.3 is 15.2 Å². The van der Waals surface area contributed by atoms with Gasteiger partial charge in [-0.05, 0) is 38.3 Å². The van der Waals surface area contributed by atoms with Crippen molar-refractivity contribution in [1.82, 2.24) is 19.2 Å². The number of benzene rings is 1. The SMILES string of the molecule is Cc1ccc(S(=O)(=O)n2nc(Nc3cncc(C4CCC(O)C4)n3)cc2OC(F)F)cc1. The van der Waals surface area contributed by atoms with E-state index in [2.05, 4.69) is 25.1 Å². The Bertz CT molecular complexity index is 1200. The number of hydrogen-bond acceptors (Lipinski definition) is 8. The second kappa shape index (κ2) is 8.79. The average Bonchev–Trinajstić information content (AvgIpc) is 3.34. The number of halogens is 2. The topological polar surface area (TPSA) is 119 Å². The lowest BCUT2D eigenvalue weighted by atomic mass is 10.0. The number of aromatic nitrogens is 4. The van der Waals surface area contributed by atoms with E-state index in [-0.39, 0.29) is 28.6 Å². The van der Waals surface area contributed by atoms with Crippen LogP contribution in [0.25, 0.3) is 0 Å². The van der Waals surface area contributed by atoms with Crippen LogP contribution in [0, 0.1) is 6.92 Å². The van der Waals surface area contributed by atoms with Gasteiger partial charge in [-0.15, -0.1) is 9.19 Å². The summed E-state index contributed by atoms with van der Waals surface area (Å²) in [7, 11) is -4.29. The van der Waals surface area contributed by atoms with Crippen LogP contribution >= 0.6 is 0 Å². The number of aryl methyl sites for hydroxylation is 1. The minimum Gasteiger partial charge on any atom is -0.416 e. The van der Waals surface area contributed by atoms with Crippen molar-refractivity contribution in [3.8, 4) is 5.88 Å². The Hall–Kier alpha value is -3.12. The van der Waals surface area contributed by atoms with Gasteiger partial charge in [-0.3, -0.25) is 4.98 Å². The molecule has 2 atom stereocenters. The molecule has 0 spiro atoms. The third kappa shape index (κ3) is 4.70. The molecule has 32 heavy (non-hydrogen) atoms.